The van der Waals surface area contributed by atoms with Gasteiger partial charge in [0.1, 0.15) is 5.69 Å². The second-order valence-corrected chi connectivity index (χ2v) is 8.03. The number of hydrogen-bond donors (Lipinski definition) is 2. The molecule has 28 heavy (non-hydrogen) atoms. The van der Waals surface area contributed by atoms with Gasteiger partial charge in [0, 0.05) is 47.2 Å². The van der Waals surface area contributed by atoms with E-state index in [1.165, 1.54) is 0 Å². The number of anilines is 1. The number of H-pyrrole nitrogens is 1. The lowest BCUT2D eigenvalue weighted by atomic mass is 10.0. The van der Waals surface area contributed by atoms with E-state index in [-0.39, 0.29) is 12.1 Å². The fourth-order valence-electron chi connectivity index (χ4n) is 4.45. The van der Waals surface area contributed by atoms with Gasteiger partial charge in [0.15, 0.2) is 0 Å². The van der Waals surface area contributed by atoms with Crippen LogP contribution in [-0.4, -0.2) is 57.2 Å². The molecule has 2 aromatic heterocycles. The van der Waals surface area contributed by atoms with Crippen molar-refractivity contribution in [2.75, 3.05) is 25.5 Å². The van der Waals surface area contributed by atoms with Gasteiger partial charge in [0.25, 0.3) is 0 Å². The molecule has 5 rings (SSSR count). The molecule has 3 aromatic rings. The van der Waals surface area contributed by atoms with Crippen LogP contribution in [0, 0.1) is 13.8 Å². The summed E-state index contributed by atoms with van der Waals surface area (Å²) >= 11 is 0. The first-order valence-electron chi connectivity index (χ1n) is 9.71. The number of urea groups is 1. The number of carbonyl (C=O) groups excluding carboxylic acids is 1. The van der Waals surface area contributed by atoms with Crippen LogP contribution in [0.1, 0.15) is 23.4 Å². The minimum absolute atomic E-state index is 0.00716. The fourth-order valence-corrected chi connectivity index (χ4v) is 4.45. The molecule has 2 amide bonds. The molecule has 144 valence electrons. The zero-order valence-electron chi connectivity index (χ0n) is 16.4. The minimum atomic E-state index is -0.00716. The Kier molecular flexibility index (Phi) is 3.87. The maximum Gasteiger partial charge on any atom is 0.322 e. The summed E-state index contributed by atoms with van der Waals surface area (Å²) in [4.78, 5) is 21.4. The number of aromatic amines is 1. The van der Waals surface area contributed by atoms with Crippen LogP contribution in [0.15, 0.2) is 24.3 Å². The van der Waals surface area contributed by atoms with Crippen LogP contribution in [0.4, 0.5) is 10.5 Å². The van der Waals surface area contributed by atoms with Gasteiger partial charge in [-0.15, -0.1) is 0 Å². The Hall–Kier alpha value is -2.93. The van der Waals surface area contributed by atoms with Gasteiger partial charge in [0.2, 0.25) is 0 Å². The summed E-state index contributed by atoms with van der Waals surface area (Å²) in [5, 5.41) is 11.8. The summed E-state index contributed by atoms with van der Waals surface area (Å²) < 4.78 is 0. The van der Waals surface area contributed by atoms with Crippen LogP contribution in [0.3, 0.4) is 0 Å². The van der Waals surface area contributed by atoms with Crippen molar-refractivity contribution in [3.63, 3.8) is 0 Å². The Morgan fingerprint density at radius 3 is 2.64 bits per heavy atom. The van der Waals surface area contributed by atoms with Crippen molar-refractivity contribution in [3.05, 3.63) is 41.2 Å². The summed E-state index contributed by atoms with van der Waals surface area (Å²) in [5.74, 6) is 0. The molecule has 4 heterocycles. The zero-order valence-corrected chi connectivity index (χ0v) is 16.4. The Balaban J connectivity index is 1.55. The highest BCUT2D eigenvalue weighted by Gasteiger charge is 2.33. The molecule has 7 heteroatoms. The lowest BCUT2D eigenvalue weighted by Gasteiger charge is -2.34. The molecule has 2 N–H and O–H groups in total. The number of pyridine rings is 1. The molecule has 7 nitrogen and oxygen atoms in total. The van der Waals surface area contributed by atoms with Crippen LogP contribution < -0.4 is 5.32 Å². The molecular weight excluding hydrogens is 352 g/mol. The normalized spacial score (nSPS) is 19.9. The highest BCUT2D eigenvalue weighted by atomic mass is 16.2. The number of likely N-dealkylation sites (N-methyl/N-ethyl adjacent to an activating group) is 1. The third kappa shape index (κ3) is 2.82. The lowest BCUT2D eigenvalue weighted by molar-refractivity contribution is 0.182. The Morgan fingerprint density at radius 1 is 1.14 bits per heavy atom. The van der Waals surface area contributed by atoms with Crippen molar-refractivity contribution in [2.45, 2.75) is 32.9 Å². The number of likely N-dealkylation sites (tertiary alicyclic amines) is 1. The number of amides is 2. The standard InChI is InChI=1S/C21H24N6O/c1-12-6-14(7-13(2)22-12)20-17-8-15-10-27(16-4-5-26(3)11-16)21(28)23-18(15)9-19(17)24-25-20/h6-9,16H,4-5,10-11H2,1-3H3,(H,23,28)(H,24,25). The van der Waals surface area contributed by atoms with E-state index in [1.807, 2.05) is 24.8 Å². The first-order valence-corrected chi connectivity index (χ1v) is 9.71. The van der Waals surface area contributed by atoms with Crippen LogP contribution in [0.2, 0.25) is 0 Å². The minimum Gasteiger partial charge on any atom is -0.316 e. The molecule has 0 aliphatic carbocycles. The number of benzene rings is 1. The average Bonchev–Trinajstić information content (AvgIpc) is 3.24. The molecule has 1 atom stereocenters. The third-order valence-corrected chi connectivity index (χ3v) is 5.79. The summed E-state index contributed by atoms with van der Waals surface area (Å²) in [6.45, 7) is 6.59. The smallest absolute Gasteiger partial charge is 0.316 e. The molecule has 2 aliphatic heterocycles. The molecule has 1 saturated heterocycles. The summed E-state index contributed by atoms with van der Waals surface area (Å²) in [5.41, 5.74) is 6.88. The number of rotatable bonds is 2. The molecule has 0 bridgehead atoms. The van der Waals surface area contributed by atoms with E-state index in [9.17, 15) is 4.79 Å². The van der Waals surface area contributed by atoms with Crippen molar-refractivity contribution in [1.29, 1.82) is 0 Å². The Labute approximate surface area is 163 Å². The monoisotopic (exact) mass is 376 g/mol. The second kappa shape index (κ2) is 6.31. The predicted octanol–water partition coefficient (Wildman–Crippen LogP) is 3.29. The molecule has 1 aromatic carbocycles. The van der Waals surface area contributed by atoms with E-state index in [0.717, 1.165) is 64.3 Å². The first-order chi connectivity index (χ1) is 13.5. The maximum absolute atomic E-state index is 12.7. The molecule has 2 aliphatic rings. The Bertz CT molecular complexity index is 1070. The number of nitrogens with one attached hydrogen (secondary N) is 2. The van der Waals surface area contributed by atoms with E-state index >= 15 is 0 Å². The van der Waals surface area contributed by atoms with Crippen molar-refractivity contribution in [2.24, 2.45) is 0 Å². The molecule has 1 fully saturated rings. The molecule has 1 unspecified atom stereocenters. The number of carbonyl (C=O) groups is 1. The van der Waals surface area contributed by atoms with Crippen LogP contribution in [0.25, 0.3) is 22.2 Å². The number of nitrogens with zero attached hydrogens (tertiary/aromatic N) is 4. The quantitative estimate of drug-likeness (QED) is 0.719. The van der Waals surface area contributed by atoms with Crippen LogP contribution in [0.5, 0.6) is 0 Å². The largest absolute Gasteiger partial charge is 0.322 e. The van der Waals surface area contributed by atoms with Crippen molar-refractivity contribution < 1.29 is 4.79 Å². The van der Waals surface area contributed by atoms with Gasteiger partial charge in [-0.05, 0) is 63.7 Å². The van der Waals surface area contributed by atoms with Crippen molar-refractivity contribution in [3.8, 4) is 11.3 Å². The van der Waals surface area contributed by atoms with Gasteiger partial charge in [-0.1, -0.05) is 0 Å². The van der Waals surface area contributed by atoms with Gasteiger partial charge >= 0.3 is 6.03 Å². The van der Waals surface area contributed by atoms with Gasteiger partial charge in [-0.3, -0.25) is 10.1 Å². The molecule has 0 radical (unpaired) electrons. The summed E-state index contributed by atoms with van der Waals surface area (Å²) in [7, 11) is 2.11. The predicted molar refractivity (Wildman–Crippen MR) is 109 cm³/mol. The van der Waals surface area contributed by atoms with Crippen LogP contribution in [-0.2, 0) is 6.54 Å². The van der Waals surface area contributed by atoms with E-state index in [4.69, 9.17) is 0 Å². The zero-order chi connectivity index (χ0) is 19.4. The number of aryl methyl sites for hydroxylation is 2. The number of fused-ring (bicyclic) bond motifs is 2. The first kappa shape index (κ1) is 17.2. The molecular formula is C21H24N6O. The fraction of sp³-hybridized carbons (Fsp3) is 0.381. The average molecular weight is 376 g/mol. The van der Waals surface area contributed by atoms with E-state index < -0.39 is 0 Å². The van der Waals surface area contributed by atoms with Gasteiger partial charge in [-0.25, -0.2) is 4.79 Å². The second-order valence-electron chi connectivity index (χ2n) is 8.03. The highest BCUT2D eigenvalue weighted by molar-refractivity contribution is 6.00. The van der Waals surface area contributed by atoms with Gasteiger partial charge < -0.3 is 15.1 Å². The third-order valence-electron chi connectivity index (χ3n) is 5.79. The summed E-state index contributed by atoms with van der Waals surface area (Å²) in [6, 6.07) is 8.54. The molecule has 0 saturated carbocycles. The van der Waals surface area contributed by atoms with Gasteiger partial charge in [-0.2, -0.15) is 5.10 Å². The molecule has 0 spiro atoms. The van der Waals surface area contributed by atoms with Crippen molar-refractivity contribution >= 4 is 22.6 Å². The topological polar surface area (TPSA) is 77.2 Å². The van der Waals surface area contributed by atoms with Crippen molar-refractivity contribution in [1.82, 2.24) is 25.0 Å². The number of hydrogen-bond acceptors (Lipinski definition) is 4. The van der Waals surface area contributed by atoms with E-state index in [2.05, 4.69) is 50.6 Å². The Morgan fingerprint density at radius 2 is 1.93 bits per heavy atom. The van der Waals surface area contributed by atoms with Gasteiger partial charge in [0.05, 0.1) is 5.52 Å². The summed E-state index contributed by atoms with van der Waals surface area (Å²) in [6.07, 6.45) is 1.02. The lowest BCUT2D eigenvalue weighted by Crippen LogP contribution is -2.46. The maximum atomic E-state index is 12.7. The van der Waals surface area contributed by atoms with E-state index in [0.29, 0.717) is 6.54 Å². The highest BCUT2D eigenvalue weighted by Crippen LogP contribution is 2.34. The SMILES string of the molecule is Cc1cc(-c2n[nH]c3cc4c(cc23)CN(C2CCN(C)C2)C(=O)N4)cc(C)n1. The van der Waals surface area contributed by atoms with Crippen LogP contribution >= 0.6 is 0 Å². The van der Waals surface area contributed by atoms with E-state index in [1.54, 1.807) is 0 Å². The number of aromatic nitrogens is 3.